The quantitative estimate of drug-likeness (QED) is 0.385. The molecule has 9 nitrogen and oxygen atoms in total. The Kier molecular flexibility index (Phi) is 8.25. The lowest BCUT2D eigenvalue weighted by molar-refractivity contribution is 0.318. The van der Waals surface area contributed by atoms with Gasteiger partial charge in [0.15, 0.2) is 5.52 Å². The fourth-order valence-corrected chi connectivity index (χ4v) is 4.73. The molecule has 0 aliphatic rings. The van der Waals surface area contributed by atoms with Gasteiger partial charge in [-0.25, -0.2) is 18.1 Å². The standard InChI is InChI=1S/C23H33N5O4S/c1-5-8-9-10-13-24-33(30,31)17-11-12-19(32-14-6-2)18(15-17)22-25-20-16(4)27-28(7-3)21(20)23(29)26-22/h11-12,15,24H,5-10,13-14H2,1-4H3,(H,25,26,29). The number of aromatic amines is 1. The summed E-state index contributed by atoms with van der Waals surface area (Å²) >= 11 is 0. The molecule has 0 bridgehead atoms. The van der Waals surface area contributed by atoms with E-state index in [0.29, 0.717) is 47.7 Å². The number of nitrogens with zero attached hydrogens (tertiary/aromatic N) is 3. The first kappa shape index (κ1) is 24.9. The van der Waals surface area contributed by atoms with Gasteiger partial charge in [0, 0.05) is 13.1 Å². The van der Waals surface area contributed by atoms with Crippen molar-refractivity contribution in [1.82, 2.24) is 24.5 Å². The Bertz CT molecular complexity index is 1260. The Hall–Kier alpha value is -2.72. The molecule has 0 atom stereocenters. The third-order valence-corrected chi connectivity index (χ3v) is 6.83. The number of unbranched alkanes of at least 4 members (excludes halogenated alkanes) is 3. The third kappa shape index (κ3) is 5.62. The van der Waals surface area contributed by atoms with E-state index in [-0.39, 0.29) is 16.3 Å². The highest BCUT2D eigenvalue weighted by atomic mass is 32.2. The number of hydrogen-bond donors (Lipinski definition) is 2. The van der Waals surface area contributed by atoms with Gasteiger partial charge < -0.3 is 9.72 Å². The summed E-state index contributed by atoms with van der Waals surface area (Å²) in [7, 11) is -3.72. The van der Waals surface area contributed by atoms with Gasteiger partial charge in [0.1, 0.15) is 17.1 Å². The van der Waals surface area contributed by atoms with E-state index < -0.39 is 10.0 Å². The van der Waals surface area contributed by atoms with E-state index in [1.165, 1.54) is 12.1 Å². The zero-order chi connectivity index (χ0) is 24.0. The molecule has 180 valence electrons. The maximum atomic E-state index is 12.9. The number of H-pyrrole nitrogens is 1. The maximum Gasteiger partial charge on any atom is 0.277 e. The molecule has 0 saturated heterocycles. The molecule has 2 aromatic heterocycles. The van der Waals surface area contributed by atoms with Crippen molar-refractivity contribution in [3.63, 3.8) is 0 Å². The molecule has 0 spiro atoms. The fraction of sp³-hybridized carbons (Fsp3) is 0.522. The lowest BCUT2D eigenvalue weighted by Gasteiger charge is -2.13. The van der Waals surface area contributed by atoms with Crippen LogP contribution in [0.5, 0.6) is 5.75 Å². The molecule has 0 saturated carbocycles. The molecule has 10 heteroatoms. The molecule has 2 N–H and O–H groups in total. The van der Waals surface area contributed by atoms with E-state index >= 15 is 0 Å². The normalized spacial score (nSPS) is 11.9. The Balaban J connectivity index is 2.04. The summed E-state index contributed by atoms with van der Waals surface area (Å²) in [5.74, 6) is 0.708. The van der Waals surface area contributed by atoms with Gasteiger partial charge in [0.2, 0.25) is 10.0 Å². The van der Waals surface area contributed by atoms with Crippen LogP contribution in [0.15, 0.2) is 27.9 Å². The van der Waals surface area contributed by atoms with Crippen LogP contribution >= 0.6 is 0 Å². The van der Waals surface area contributed by atoms with Crippen molar-refractivity contribution in [2.45, 2.75) is 71.2 Å². The minimum absolute atomic E-state index is 0.0977. The van der Waals surface area contributed by atoms with Crippen LogP contribution < -0.4 is 15.0 Å². The molecule has 0 aliphatic carbocycles. The van der Waals surface area contributed by atoms with Gasteiger partial charge in [-0.3, -0.25) is 9.48 Å². The van der Waals surface area contributed by atoms with Crippen molar-refractivity contribution in [2.24, 2.45) is 0 Å². The summed E-state index contributed by atoms with van der Waals surface area (Å²) < 4.78 is 35.9. The van der Waals surface area contributed by atoms with Gasteiger partial charge >= 0.3 is 0 Å². The fourth-order valence-electron chi connectivity index (χ4n) is 3.63. The Morgan fingerprint density at radius 1 is 1.12 bits per heavy atom. The van der Waals surface area contributed by atoms with Crippen LogP contribution in [0.2, 0.25) is 0 Å². The minimum atomic E-state index is -3.72. The van der Waals surface area contributed by atoms with E-state index in [0.717, 1.165) is 32.1 Å². The third-order valence-electron chi connectivity index (χ3n) is 5.37. The first-order valence-corrected chi connectivity index (χ1v) is 13.0. The van der Waals surface area contributed by atoms with E-state index in [4.69, 9.17) is 4.74 Å². The molecule has 2 heterocycles. The summed E-state index contributed by atoms with van der Waals surface area (Å²) in [4.78, 5) is 20.4. The van der Waals surface area contributed by atoms with Crippen molar-refractivity contribution in [2.75, 3.05) is 13.2 Å². The van der Waals surface area contributed by atoms with Crippen LogP contribution in [-0.2, 0) is 16.6 Å². The number of ether oxygens (including phenoxy) is 1. The van der Waals surface area contributed by atoms with Crippen molar-refractivity contribution in [3.8, 4) is 17.1 Å². The first-order chi connectivity index (χ1) is 15.8. The summed E-state index contributed by atoms with van der Waals surface area (Å²) in [6.07, 6.45) is 4.70. The molecule has 0 aliphatic heterocycles. The van der Waals surface area contributed by atoms with Crippen LogP contribution in [0.4, 0.5) is 0 Å². The number of sulfonamides is 1. The van der Waals surface area contributed by atoms with Gasteiger partial charge in [-0.15, -0.1) is 0 Å². The van der Waals surface area contributed by atoms with Gasteiger partial charge in [-0.2, -0.15) is 5.10 Å². The SMILES string of the molecule is CCCCCCNS(=O)(=O)c1ccc(OCCC)c(-c2nc3c(C)nn(CC)c3c(=O)[nH]2)c1. The average molecular weight is 476 g/mol. The van der Waals surface area contributed by atoms with Crippen LogP contribution in [-0.4, -0.2) is 41.3 Å². The van der Waals surface area contributed by atoms with E-state index in [9.17, 15) is 13.2 Å². The zero-order valence-corrected chi connectivity index (χ0v) is 20.6. The highest BCUT2D eigenvalue weighted by Crippen LogP contribution is 2.31. The molecule has 0 fully saturated rings. The zero-order valence-electron chi connectivity index (χ0n) is 19.8. The van der Waals surface area contributed by atoms with Crippen LogP contribution in [0, 0.1) is 6.92 Å². The smallest absolute Gasteiger partial charge is 0.277 e. The second-order valence-electron chi connectivity index (χ2n) is 7.98. The van der Waals surface area contributed by atoms with E-state index in [1.807, 2.05) is 13.8 Å². The lowest BCUT2D eigenvalue weighted by Crippen LogP contribution is -2.25. The molecule has 1 aromatic carbocycles. The minimum Gasteiger partial charge on any atom is -0.493 e. The number of fused-ring (bicyclic) bond motifs is 1. The van der Waals surface area contributed by atoms with Crippen molar-refractivity contribution < 1.29 is 13.2 Å². The molecule has 0 unspecified atom stereocenters. The molecule has 33 heavy (non-hydrogen) atoms. The second-order valence-corrected chi connectivity index (χ2v) is 9.74. The van der Waals surface area contributed by atoms with Gasteiger partial charge in [-0.1, -0.05) is 33.1 Å². The van der Waals surface area contributed by atoms with E-state index in [2.05, 4.69) is 26.7 Å². The van der Waals surface area contributed by atoms with Crippen LogP contribution in [0.25, 0.3) is 22.4 Å². The maximum absolute atomic E-state index is 12.9. The molecular formula is C23H33N5O4S. The predicted octanol–water partition coefficient (Wildman–Crippen LogP) is 3.76. The summed E-state index contributed by atoms with van der Waals surface area (Å²) in [5, 5.41) is 4.38. The predicted molar refractivity (Wildman–Crippen MR) is 129 cm³/mol. The molecule has 0 radical (unpaired) electrons. The van der Waals surface area contributed by atoms with Gasteiger partial charge in [0.25, 0.3) is 5.56 Å². The number of aromatic nitrogens is 4. The number of rotatable bonds is 12. The number of nitrogens with one attached hydrogen (secondary N) is 2. The molecule has 0 amide bonds. The van der Waals surface area contributed by atoms with Gasteiger partial charge in [0.05, 0.1) is 22.8 Å². The Morgan fingerprint density at radius 3 is 2.61 bits per heavy atom. The summed E-state index contributed by atoms with van der Waals surface area (Å²) in [5.41, 5.74) is 1.60. The molecule has 3 rings (SSSR count). The molecular weight excluding hydrogens is 442 g/mol. The Morgan fingerprint density at radius 2 is 1.91 bits per heavy atom. The average Bonchev–Trinajstić information content (AvgIpc) is 3.13. The lowest BCUT2D eigenvalue weighted by atomic mass is 10.2. The number of aryl methyl sites for hydroxylation is 2. The van der Waals surface area contributed by atoms with Crippen molar-refractivity contribution in [3.05, 3.63) is 34.2 Å². The summed E-state index contributed by atoms with van der Waals surface area (Å²) in [6.45, 7) is 9.16. The summed E-state index contributed by atoms with van der Waals surface area (Å²) in [6, 6.07) is 4.63. The van der Waals surface area contributed by atoms with Crippen LogP contribution in [0.1, 0.15) is 58.6 Å². The highest BCUT2D eigenvalue weighted by Gasteiger charge is 2.20. The molecule has 3 aromatic rings. The largest absolute Gasteiger partial charge is 0.493 e. The highest BCUT2D eigenvalue weighted by molar-refractivity contribution is 7.89. The van der Waals surface area contributed by atoms with E-state index in [1.54, 1.807) is 17.7 Å². The second kappa shape index (κ2) is 10.9. The number of benzene rings is 1. The topological polar surface area (TPSA) is 119 Å². The first-order valence-electron chi connectivity index (χ1n) is 11.6. The van der Waals surface area contributed by atoms with Gasteiger partial charge in [-0.05, 0) is 44.9 Å². The van der Waals surface area contributed by atoms with Crippen molar-refractivity contribution >= 4 is 21.1 Å². The van der Waals surface area contributed by atoms with Crippen molar-refractivity contribution in [1.29, 1.82) is 0 Å². The van der Waals surface area contributed by atoms with Crippen LogP contribution in [0.3, 0.4) is 0 Å². The monoisotopic (exact) mass is 475 g/mol. The Labute approximate surface area is 194 Å². The number of hydrogen-bond acceptors (Lipinski definition) is 6.